The predicted octanol–water partition coefficient (Wildman–Crippen LogP) is 0.117. The van der Waals surface area contributed by atoms with E-state index in [9.17, 15) is 14.4 Å². The molecule has 1 saturated heterocycles. The van der Waals surface area contributed by atoms with E-state index in [0.717, 1.165) is 0 Å². The van der Waals surface area contributed by atoms with Gasteiger partial charge in [-0.15, -0.1) is 0 Å². The van der Waals surface area contributed by atoms with Gasteiger partial charge in [-0.05, 0) is 25.5 Å². The van der Waals surface area contributed by atoms with Crippen molar-refractivity contribution >= 4 is 17.8 Å². The quantitative estimate of drug-likeness (QED) is 0.814. The molecular weight excluding hydrogens is 262 g/mol. The number of likely N-dealkylation sites (tertiary alicyclic amines) is 1. The van der Waals surface area contributed by atoms with E-state index in [1.807, 2.05) is 0 Å². The maximum Gasteiger partial charge on any atom is 0.354 e. The average molecular weight is 277 g/mol. The fourth-order valence-electron chi connectivity index (χ4n) is 2.20. The maximum absolute atomic E-state index is 12.3. The maximum atomic E-state index is 12.3. The smallest absolute Gasteiger partial charge is 0.354 e. The number of hydrogen-bond acceptors (Lipinski definition) is 4. The number of pyridine rings is 1. The lowest BCUT2D eigenvalue weighted by molar-refractivity contribution is -0.126. The summed E-state index contributed by atoms with van der Waals surface area (Å²) in [6, 6.07) is 2.68. The number of nitrogens with two attached hydrogens (primary N) is 1. The Bertz CT molecular complexity index is 587. The Kier molecular flexibility index (Phi) is 3.44. The molecule has 1 fully saturated rings. The number of amides is 2. The van der Waals surface area contributed by atoms with Crippen LogP contribution in [0.5, 0.6) is 0 Å². The lowest BCUT2D eigenvalue weighted by atomic mass is 9.89. The number of nitrogens with zero attached hydrogens (tertiary/aromatic N) is 2. The van der Waals surface area contributed by atoms with Crippen LogP contribution in [0.25, 0.3) is 0 Å². The average Bonchev–Trinajstić information content (AvgIpc) is 2.82. The zero-order valence-corrected chi connectivity index (χ0v) is 11.0. The molecular formula is C13H15N3O4. The summed E-state index contributed by atoms with van der Waals surface area (Å²) in [7, 11) is 0. The molecule has 1 unspecified atom stereocenters. The van der Waals surface area contributed by atoms with Gasteiger partial charge in [0.05, 0.1) is 5.41 Å². The molecule has 0 bridgehead atoms. The first-order chi connectivity index (χ1) is 9.33. The van der Waals surface area contributed by atoms with Crippen LogP contribution in [-0.4, -0.2) is 45.9 Å². The summed E-state index contributed by atoms with van der Waals surface area (Å²) in [5, 5.41) is 8.86. The molecule has 2 amide bonds. The molecule has 1 aromatic heterocycles. The van der Waals surface area contributed by atoms with Gasteiger partial charge >= 0.3 is 5.97 Å². The first kappa shape index (κ1) is 14.0. The summed E-state index contributed by atoms with van der Waals surface area (Å²) in [6.07, 6.45) is 1.78. The minimum Gasteiger partial charge on any atom is -0.477 e. The summed E-state index contributed by atoms with van der Waals surface area (Å²) < 4.78 is 0. The van der Waals surface area contributed by atoms with E-state index in [4.69, 9.17) is 10.8 Å². The molecule has 0 spiro atoms. The topological polar surface area (TPSA) is 114 Å². The summed E-state index contributed by atoms with van der Waals surface area (Å²) in [6.45, 7) is 2.38. The summed E-state index contributed by atoms with van der Waals surface area (Å²) in [5.74, 6) is -1.95. The van der Waals surface area contributed by atoms with Crippen LogP contribution < -0.4 is 5.73 Å². The first-order valence-electron chi connectivity index (χ1n) is 6.12. The highest BCUT2D eigenvalue weighted by molar-refractivity contribution is 5.97. The van der Waals surface area contributed by atoms with Crippen LogP contribution in [0.15, 0.2) is 18.3 Å². The predicted molar refractivity (Wildman–Crippen MR) is 69.0 cm³/mol. The van der Waals surface area contributed by atoms with Crippen molar-refractivity contribution in [1.82, 2.24) is 9.88 Å². The summed E-state index contributed by atoms with van der Waals surface area (Å²) in [5.41, 5.74) is 4.66. The monoisotopic (exact) mass is 277 g/mol. The molecule has 7 heteroatoms. The second-order valence-electron chi connectivity index (χ2n) is 5.14. The molecule has 20 heavy (non-hydrogen) atoms. The van der Waals surface area contributed by atoms with Crippen molar-refractivity contribution in [2.45, 2.75) is 13.3 Å². The lowest BCUT2D eigenvalue weighted by Crippen LogP contribution is -2.38. The summed E-state index contributed by atoms with van der Waals surface area (Å²) >= 11 is 0. The van der Waals surface area contributed by atoms with Gasteiger partial charge in [0, 0.05) is 24.8 Å². The molecule has 0 aromatic carbocycles. The number of aromatic nitrogens is 1. The minimum atomic E-state index is -1.19. The van der Waals surface area contributed by atoms with E-state index in [-0.39, 0.29) is 23.7 Å². The van der Waals surface area contributed by atoms with Crippen LogP contribution >= 0.6 is 0 Å². The molecule has 2 rings (SSSR count). The Balaban J connectivity index is 2.19. The fourth-order valence-corrected chi connectivity index (χ4v) is 2.20. The van der Waals surface area contributed by atoms with Gasteiger partial charge in [0.1, 0.15) is 5.69 Å². The van der Waals surface area contributed by atoms with Crippen LogP contribution in [0.1, 0.15) is 34.2 Å². The van der Waals surface area contributed by atoms with Crippen molar-refractivity contribution in [3.05, 3.63) is 29.6 Å². The van der Waals surface area contributed by atoms with Gasteiger partial charge in [-0.1, -0.05) is 0 Å². The minimum absolute atomic E-state index is 0.187. The van der Waals surface area contributed by atoms with Crippen LogP contribution in [0.2, 0.25) is 0 Å². The third kappa shape index (κ3) is 2.47. The Labute approximate surface area is 115 Å². The highest BCUT2D eigenvalue weighted by Crippen LogP contribution is 2.30. The lowest BCUT2D eigenvalue weighted by Gasteiger charge is -2.21. The fraction of sp³-hybridized carbons (Fsp3) is 0.385. The first-order valence-corrected chi connectivity index (χ1v) is 6.12. The number of carbonyl (C=O) groups is 3. The van der Waals surface area contributed by atoms with Crippen LogP contribution in [-0.2, 0) is 4.79 Å². The van der Waals surface area contributed by atoms with Crippen molar-refractivity contribution < 1.29 is 19.5 Å². The third-order valence-electron chi connectivity index (χ3n) is 3.58. The van der Waals surface area contributed by atoms with E-state index < -0.39 is 17.3 Å². The molecule has 7 nitrogen and oxygen atoms in total. The number of rotatable bonds is 3. The number of carbonyl (C=O) groups excluding carboxylic acids is 2. The van der Waals surface area contributed by atoms with Gasteiger partial charge in [-0.2, -0.15) is 0 Å². The largest absolute Gasteiger partial charge is 0.477 e. The number of aromatic carboxylic acids is 1. The molecule has 2 heterocycles. The molecule has 106 valence electrons. The van der Waals surface area contributed by atoms with Crippen molar-refractivity contribution in [3.8, 4) is 0 Å². The molecule has 0 radical (unpaired) electrons. The normalized spacial score (nSPS) is 21.8. The molecule has 3 N–H and O–H groups in total. The van der Waals surface area contributed by atoms with E-state index in [1.54, 1.807) is 6.92 Å². The zero-order chi connectivity index (χ0) is 14.9. The molecule has 0 aliphatic carbocycles. The highest BCUT2D eigenvalue weighted by atomic mass is 16.4. The number of hydrogen-bond donors (Lipinski definition) is 2. The second-order valence-corrected chi connectivity index (χ2v) is 5.14. The van der Waals surface area contributed by atoms with Gasteiger partial charge in [-0.3, -0.25) is 9.59 Å². The van der Waals surface area contributed by atoms with Crippen molar-refractivity contribution in [2.75, 3.05) is 13.1 Å². The number of primary amides is 1. The standard InChI is InChI=1S/C13H15N3O4/c1-13(12(14)20)3-5-16(7-13)10(17)8-2-4-15-9(6-8)11(18)19/h2,4,6H,3,5,7H2,1H3,(H2,14,20)(H,18,19). The van der Waals surface area contributed by atoms with Gasteiger partial charge in [-0.25, -0.2) is 9.78 Å². The van der Waals surface area contributed by atoms with E-state index in [2.05, 4.69) is 4.98 Å². The van der Waals surface area contributed by atoms with E-state index in [1.165, 1.54) is 23.2 Å². The Morgan fingerprint density at radius 3 is 2.70 bits per heavy atom. The summed E-state index contributed by atoms with van der Waals surface area (Å²) in [4.78, 5) is 39.7. The van der Waals surface area contributed by atoms with Gasteiger partial charge in [0.2, 0.25) is 5.91 Å². The van der Waals surface area contributed by atoms with Crippen molar-refractivity contribution in [2.24, 2.45) is 11.1 Å². The zero-order valence-electron chi connectivity index (χ0n) is 11.0. The Morgan fingerprint density at radius 1 is 1.45 bits per heavy atom. The van der Waals surface area contributed by atoms with E-state index >= 15 is 0 Å². The second kappa shape index (κ2) is 4.92. The van der Waals surface area contributed by atoms with Crippen molar-refractivity contribution in [1.29, 1.82) is 0 Å². The third-order valence-corrected chi connectivity index (χ3v) is 3.58. The van der Waals surface area contributed by atoms with Crippen LogP contribution in [0.4, 0.5) is 0 Å². The van der Waals surface area contributed by atoms with Gasteiger partial charge in [0.15, 0.2) is 0 Å². The van der Waals surface area contributed by atoms with E-state index in [0.29, 0.717) is 13.0 Å². The van der Waals surface area contributed by atoms with Crippen LogP contribution in [0, 0.1) is 5.41 Å². The molecule has 1 aromatic rings. The number of carboxylic acids is 1. The Morgan fingerprint density at radius 2 is 2.15 bits per heavy atom. The molecule has 1 aliphatic heterocycles. The highest BCUT2D eigenvalue weighted by Gasteiger charge is 2.40. The van der Waals surface area contributed by atoms with Crippen molar-refractivity contribution in [3.63, 3.8) is 0 Å². The number of carboxylic acid groups (broad SMARTS) is 1. The van der Waals surface area contributed by atoms with Gasteiger partial charge < -0.3 is 15.7 Å². The Hall–Kier alpha value is -2.44. The molecule has 0 saturated carbocycles. The SMILES string of the molecule is CC1(C(N)=O)CCN(C(=O)c2ccnc(C(=O)O)c2)C1. The van der Waals surface area contributed by atoms with Gasteiger partial charge in [0.25, 0.3) is 5.91 Å². The molecule has 1 atom stereocenters. The molecule has 1 aliphatic rings. The van der Waals surface area contributed by atoms with Crippen LogP contribution in [0.3, 0.4) is 0 Å².